The van der Waals surface area contributed by atoms with Gasteiger partial charge in [-0.05, 0) is 45.7 Å². The van der Waals surface area contributed by atoms with Gasteiger partial charge in [0, 0.05) is 49.8 Å². The molecule has 0 aromatic heterocycles. The van der Waals surface area contributed by atoms with Gasteiger partial charge in [0.15, 0.2) is 17.4 Å². The van der Waals surface area contributed by atoms with Gasteiger partial charge in [-0.15, -0.1) is 0 Å². The van der Waals surface area contributed by atoms with Crippen LogP contribution < -0.4 is 9.64 Å². The molecule has 0 N–H and O–H groups in total. The highest BCUT2D eigenvalue weighted by atomic mass is 19.2. The average Bonchev–Trinajstić information content (AvgIpc) is 3.23. The lowest BCUT2D eigenvalue weighted by atomic mass is 9.84. The van der Waals surface area contributed by atoms with Gasteiger partial charge in [-0.3, -0.25) is 0 Å². The number of hydrogen-bond acceptors (Lipinski definition) is 6. The van der Waals surface area contributed by atoms with Gasteiger partial charge in [-0.1, -0.05) is 6.07 Å². The van der Waals surface area contributed by atoms with E-state index in [2.05, 4.69) is 0 Å². The van der Waals surface area contributed by atoms with E-state index >= 15 is 0 Å². The molecule has 0 aliphatic carbocycles. The molecule has 1 spiro atoms. The number of benzene rings is 2. The van der Waals surface area contributed by atoms with Crippen LogP contribution >= 0.6 is 0 Å². The predicted molar refractivity (Wildman–Crippen MR) is 136 cm³/mol. The molecule has 2 fully saturated rings. The van der Waals surface area contributed by atoms with Crippen molar-refractivity contribution in [1.29, 1.82) is 0 Å². The van der Waals surface area contributed by atoms with Crippen molar-refractivity contribution >= 4 is 11.8 Å². The summed E-state index contributed by atoms with van der Waals surface area (Å²) >= 11 is 0. The molecule has 208 valence electrons. The van der Waals surface area contributed by atoms with Gasteiger partial charge in [-0.25, -0.2) is 18.0 Å². The van der Waals surface area contributed by atoms with E-state index in [9.17, 15) is 18.0 Å². The van der Waals surface area contributed by atoms with E-state index in [1.54, 1.807) is 11.0 Å². The van der Waals surface area contributed by atoms with Crippen LogP contribution in [0.4, 0.5) is 23.7 Å². The lowest BCUT2D eigenvalue weighted by Gasteiger charge is -2.33. The molecule has 1 unspecified atom stereocenters. The summed E-state index contributed by atoms with van der Waals surface area (Å²) in [7, 11) is 0. The fourth-order valence-corrected chi connectivity index (χ4v) is 4.72. The Morgan fingerprint density at radius 1 is 0.947 bits per heavy atom. The first-order valence-corrected chi connectivity index (χ1v) is 12.8. The van der Waals surface area contributed by atoms with Crippen LogP contribution in [0.1, 0.15) is 33.6 Å². The van der Waals surface area contributed by atoms with Crippen molar-refractivity contribution in [3.05, 3.63) is 53.8 Å². The van der Waals surface area contributed by atoms with Gasteiger partial charge in [0.25, 0.3) is 0 Å². The van der Waals surface area contributed by atoms with Crippen molar-refractivity contribution in [3.8, 4) is 11.5 Å². The van der Waals surface area contributed by atoms with Crippen LogP contribution in [0.25, 0.3) is 0 Å². The number of carbonyl (C=O) groups excluding carboxylic acids is 1. The summed E-state index contributed by atoms with van der Waals surface area (Å²) in [5, 5.41) is 0. The summed E-state index contributed by atoms with van der Waals surface area (Å²) in [5.74, 6) is -2.29. The van der Waals surface area contributed by atoms with Crippen LogP contribution in [-0.4, -0.2) is 69.2 Å². The molecular formula is C28H35F3N2O5. The number of nitrogens with zero attached hydrogens (tertiary/aromatic N) is 2. The first-order chi connectivity index (χ1) is 18.0. The monoisotopic (exact) mass is 536 g/mol. The Bertz CT molecular complexity index is 1130. The van der Waals surface area contributed by atoms with Crippen LogP contribution in [0, 0.1) is 22.9 Å². The minimum atomic E-state index is -1.06. The number of hydrogen-bond donors (Lipinski definition) is 0. The minimum Gasteiger partial charge on any atom is -0.455 e. The third-order valence-electron chi connectivity index (χ3n) is 6.65. The van der Waals surface area contributed by atoms with Crippen molar-refractivity contribution in [2.24, 2.45) is 5.41 Å². The fourth-order valence-electron chi connectivity index (χ4n) is 4.72. The Morgan fingerprint density at radius 3 is 2.45 bits per heavy atom. The number of halogens is 3. The fraction of sp³-hybridized carbons (Fsp3) is 0.536. The van der Waals surface area contributed by atoms with E-state index in [1.807, 2.05) is 25.7 Å². The zero-order valence-electron chi connectivity index (χ0n) is 22.1. The molecule has 2 aliphatic heterocycles. The Labute approximate surface area is 221 Å². The maximum atomic E-state index is 14.4. The van der Waals surface area contributed by atoms with E-state index in [-0.39, 0.29) is 16.9 Å². The molecule has 10 heteroatoms. The maximum absolute atomic E-state index is 14.4. The number of amides is 1. The van der Waals surface area contributed by atoms with Gasteiger partial charge in [0.1, 0.15) is 17.2 Å². The molecule has 0 saturated carbocycles. The average molecular weight is 537 g/mol. The predicted octanol–water partition coefficient (Wildman–Crippen LogP) is 5.77. The molecule has 0 bridgehead atoms. The molecule has 1 amide bonds. The van der Waals surface area contributed by atoms with Crippen LogP contribution in [-0.2, 0) is 14.2 Å². The van der Waals surface area contributed by atoms with Crippen molar-refractivity contribution < 1.29 is 36.9 Å². The maximum Gasteiger partial charge on any atom is 0.410 e. The molecule has 4 rings (SSSR count). The smallest absolute Gasteiger partial charge is 0.410 e. The molecule has 1 atom stereocenters. The second-order valence-electron chi connectivity index (χ2n) is 10.8. The summed E-state index contributed by atoms with van der Waals surface area (Å²) in [6, 6.07) is 7.57. The quantitative estimate of drug-likeness (QED) is 0.497. The summed E-state index contributed by atoms with van der Waals surface area (Å²) in [4.78, 5) is 16.4. The zero-order valence-corrected chi connectivity index (χ0v) is 22.1. The third-order valence-corrected chi connectivity index (χ3v) is 6.65. The molecule has 7 nitrogen and oxygen atoms in total. The van der Waals surface area contributed by atoms with Crippen LogP contribution in [0.15, 0.2) is 36.4 Å². The highest BCUT2D eigenvalue weighted by Crippen LogP contribution is 2.42. The summed E-state index contributed by atoms with van der Waals surface area (Å²) in [5.41, 5.74) is -0.613. The number of ether oxygens (including phenoxy) is 4. The van der Waals surface area contributed by atoms with E-state index in [4.69, 9.17) is 18.9 Å². The van der Waals surface area contributed by atoms with E-state index in [1.165, 1.54) is 18.2 Å². The molecule has 0 radical (unpaired) electrons. The summed E-state index contributed by atoms with van der Waals surface area (Å²) < 4.78 is 65.3. The zero-order chi connectivity index (χ0) is 27.3. The highest BCUT2D eigenvalue weighted by Gasteiger charge is 2.40. The number of anilines is 1. The standard InChI is InChI=1S/C28H35F3N2O5/c1-27(2,3)38-26(34)32-9-7-28(19-36-14-13-35-12-11-32)8-10-33(18-28)24-16-22(30)23(31)17-25(24)37-21-6-4-5-20(29)15-21/h4-6,15-17H,7-14,18-19H2,1-3H3. The molecular weight excluding hydrogens is 501 g/mol. The van der Waals surface area contributed by atoms with Crippen LogP contribution in [0.2, 0.25) is 0 Å². The normalized spacial score (nSPS) is 21.3. The first kappa shape index (κ1) is 28.0. The van der Waals surface area contributed by atoms with Crippen LogP contribution in [0.5, 0.6) is 11.5 Å². The van der Waals surface area contributed by atoms with E-state index < -0.39 is 29.1 Å². The molecule has 2 aromatic rings. The SMILES string of the molecule is CC(C)(C)OC(=O)N1CCOCCOCC2(CC1)CCN(c1cc(F)c(F)cc1Oc1cccc(F)c1)C2. The summed E-state index contributed by atoms with van der Waals surface area (Å²) in [6.07, 6.45) is 0.915. The third kappa shape index (κ3) is 7.32. The molecule has 2 heterocycles. The van der Waals surface area contributed by atoms with Gasteiger partial charge in [0.05, 0.1) is 32.1 Å². The Morgan fingerprint density at radius 2 is 1.68 bits per heavy atom. The number of rotatable bonds is 3. The van der Waals surface area contributed by atoms with Gasteiger partial charge in [0.2, 0.25) is 0 Å². The molecule has 38 heavy (non-hydrogen) atoms. The molecule has 2 saturated heterocycles. The van der Waals surface area contributed by atoms with Crippen molar-refractivity contribution in [1.82, 2.24) is 4.90 Å². The van der Waals surface area contributed by atoms with E-state index in [0.29, 0.717) is 71.1 Å². The van der Waals surface area contributed by atoms with Gasteiger partial charge >= 0.3 is 6.09 Å². The lowest BCUT2D eigenvalue weighted by Crippen LogP contribution is -2.42. The number of carbonyl (C=O) groups is 1. The van der Waals surface area contributed by atoms with E-state index in [0.717, 1.165) is 12.1 Å². The van der Waals surface area contributed by atoms with Crippen LogP contribution in [0.3, 0.4) is 0 Å². The molecule has 2 aromatic carbocycles. The second-order valence-corrected chi connectivity index (χ2v) is 10.8. The largest absolute Gasteiger partial charge is 0.455 e. The first-order valence-electron chi connectivity index (χ1n) is 12.8. The Kier molecular flexibility index (Phi) is 8.72. The van der Waals surface area contributed by atoms with Crippen molar-refractivity contribution in [2.45, 2.75) is 39.2 Å². The second kappa shape index (κ2) is 11.8. The highest BCUT2D eigenvalue weighted by molar-refractivity contribution is 5.68. The Hall–Kier alpha value is -2.98. The summed E-state index contributed by atoms with van der Waals surface area (Å²) in [6.45, 7) is 8.90. The van der Waals surface area contributed by atoms with Crippen molar-refractivity contribution in [2.75, 3.05) is 57.5 Å². The molecule has 2 aliphatic rings. The topological polar surface area (TPSA) is 60.5 Å². The van der Waals surface area contributed by atoms with Gasteiger partial charge < -0.3 is 28.7 Å². The van der Waals surface area contributed by atoms with Gasteiger partial charge in [-0.2, -0.15) is 0 Å². The van der Waals surface area contributed by atoms with Crippen molar-refractivity contribution in [3.63, 3.8) is 0 Å². The Balaban J connectivity index is 1.55. The lowest BCUT2D eigenvalue weighted by molar-refractivity contribution is 0.0120. The minimum absolute atomic E-state index is 0.0907.